The van der Waals surface area contributed by atoms with E-state index < -0.39 is 5.92 Å². The fourth-order valence-electron chi connectivity index (χ4n) is 4.88. The van der Waals surface area contributed by atoms with E-state index in [-0.39, 0.29) is 17.4 Å². The zero-order valence-electron chi connectivity index (χ0n) is 25.9. The molecule has 1 atom stereocenters. The summed E-state index contributed by atoms with van der Waals surface area (Å²) in [5.74, 6) is -0.145. The predicted octanol–water partition coefficient (Wildman–Crippen LogP) is 8.34. The van der Waals surface area contributed by atoms with Crippen LogP contribution in [0.3, 0.4) is 0 Å². The van der Waals surface area contributed by atoms with Gasteiger partial charge in [-0.25, -0.2) is 15.4 Å². The second-order valence-electron chi connectivity index (χ2n) is 11.7. The number of hydrogen-bond acceptors (Lipinski definition) is 5. The van der Waals surface area contributed by atoms with Gasteiger partial charge in [0.1, 0.15) is 0 Å². The number of amides is 1. The number of hydrogen-bond donors (Lipinski definition) is 2. The molecule has 1 amide bonds. The number of rotatable bonds is 12. The van der Waals surface area contributed by atoms with Gasteiger partial charge in [-0.1, -0.05) is 87.3 Å². The number of halogens is 2. The van der Waals surface area contributed by atoms with Gasteiger partial charge in [0.2, 0.25) is 0 Å². The van der Waals surface area contributed by atoms with Crippen LogP contribution < -0.4 is 10.7 Å². The van der Waals surface area contributed by atoms with Gasteiger partial charge in [-0.3, -0.25) is 4.79 Å². The molecule has 0 saturated heterocycles. The molecule has 0 aliphatic rings. The summed E-state index contributed by atoms with van der Waals surface area (Å²) >= 11 is 18.9. The Morgan fingerprint density at radius 2 is 1.76 bits per heavy atom. The number of nitriles is 1. The summed E-state index contributed by atoms with van der Waals surface area (Å²) in [6, 6.07) is 23.0. The lowest BCUT2D eigenvalue weighted by atomic mass is 9.95. The van der Waals surface area contributed by atoms with Crippen LogP contribution in [-0.2, 0) is 17.8 Å². The fourth-order valence-corrected chi connectivity index (χ4v) is 5.55. The van der Waals surface area contributed by atoms with Gasteiger partial charge in [-0.05, 0) is 83.9 Å². The van der Waals surface area contributed by atoms with Crippen LogP contribution in [0, 0.1) is 17.2 Å². The number of imidazole rings is 1. The Morgan fingerprint density at radius 1 is 1.04 bits per heavy atom. The van der Waals surface area contributed by atoms with Crippen molar-refractivity contribution in [2.45, 2.75) is 58.9 Å². The minimum atomic E-state index is -0.712. The number of benzene rings is 3. The molecule has 0 aliphatic heterocycles. The van der Waals surface area contributed by atoms with Crippen molar-refractivity contribution < 1.29 is 4.79 Å². The van der Waals surface area contributed by atoms with E-state index in [0.717, 1.165) is 23.2 Å². The molecule has 0 fully saturated rings. The first-order chi connectivity index (χ1) is 21.6. The average Bonchev–Trinajstić information content (AvgIpc) is 3.47. The van der Waals surface area contributed by atoms with Crippen LogP contribution in [0.4, 0.5) is 5.69 Å². The summed E-state index contributed by atoms with van der Waals surface area (Å²) in [5.41, 5.74) is 8.27. The molecule has 7 nitrogen and oxygen atoms in total. The summed E-state index contributed by atoms with van der Waals surface area (Å²) in [6.07, 6.45) is 4.52. The minimum absolute atomic E-state index is 0.237. The molecule has 4 rings (SSSR count). The van der Waals surface area contributed by atoms with Crippen LogP contribution in [-0.4, -0.2) is 32.1 Å². The molecule has 0 aliphatic carbocycles. The monoisotopic (exact) mass is 660 g/mol. The zero-order valence-corrected chi connectivity index (χ0v) is 28.3. The van der Waals surface area contributed by atoms with Crippen molar-refractivity contribution in [2.24, 2.45) is 5.92 Å². The maximum atomic E-state index is 14.7. The van der Waals surface area contributed by atoms with Gasteiger partial charge in [0.25, 0.3) is 5.91 Å². The van der Waals surface area contributed by atoms with Crippen molar-refractivity contribution in [3.05, 3.63) is 117 Å². The molecule has 0 spiro atoms. The van der Waals surface area contributed by atoms with E-state index in [9.17, 15) is 10.1 Å². The van der Waals surface area contributed by atoms with Crippen molar-refractivity contribution in [1.29, 1.82) is 5.26 Å². The first kappa shape index (κ1) is 34.1. The Kier molecular flexibility index (Phi) is 12.1. The second-order valence-corrected chi connectivity index (χ2v) is 12.9. The van der Waals surface area contributed by atoms with Gasteiger partial charge >= 0.3 is 0 Å². The third-order valence-corrected chi connectivity index (χ3v) is 8.68. The minimum Gasteiger partial charge on any atom is -0.331 e. The molecule has 0 saturated carbocycles. The normalized spacial score (nSPS) is 11.8. The predicted molar refractivity (Wildman–Crippen MR) is 186 cm³/mol. The van der Waals surface area contributed by atoms with E-state index in [2.05, 4.69) is 61.6 Å². The Labute approximate surface area is 281 Å². The summed E-state index contributed by atoms with van der Waals surface area (Å²) in [5, 5.41) is 15.0. The maximum Gasteiger partial charge on any atom is 0.252 e. The molecule has 1 aromatic heterocycles. The van der Waals surface area contributed by atoms with E-state index in [1.54, 1.807) is 30.7 Å². The summed E-state index contributed by atoms with van der Waals surface area (Å²) in [6.45, 7) is 9.56. The molecule has 2 N–H and O–H groups in total. The molecule has 1 heterocycles. The molecule has 0 radical (unpaired) electrons. The Bertz CT molecular complexity index is 1640. The number of carbonyl (C=O) groups is 1. The van der Waals surface area contributed by atoms with Crippen LogP contribution in [0.15, 0.2) is 79.3 Å². The number of hydrazine groups is 1. The number of carbonyl (C=O) groups excluding carboxylic acids is 1. The van der Waals surface area contributed by atoms with Crippen LogP contribution in [0.5, 0.6) is 0 Å². The molecule has 1 unspecified atom stereocenters. The molecular weight excluding hydrogens is 623 g/mol. The van der Waals surface area contributed by atoms with Gasteiger partial charge in [0.05, 0.1) is 39.6 Å². The van der Waals surface area contributed by atoms with Gasteiger partial charge in [-0.15, -0.1) is 0 Å². The Balaban J connectivity index is 1.70. The van der Waals surface area contributed by atoms with Crippen molar-refractivity contribution in [3.63, 3.8) is 0 Å². The lowest BCUT2D eigenvalue weighted by Crippen LogP contribution is -2.51. The number of nitrogens with zero attached hydrogens (tertiary/aromatic N) is 4. The molecule has 10 heteroatoms. The summed E-state index contributed by atoms with van der Waals surface area (Å²) < 4.78 is 1.94. The molecule has 0 bridgehead atoms. The first-order valence-electron chi connectivity index (χ1n) is 15.0. The quantitative estimate of drug-likeness (QED) is 0.117. The molecule has 4 aromatic rings. The smallest absolute Gasteiger partial charge is 0.252 e. The van der Waals surface area contributed by atoms with E-state index in [0.29, 0.717) is 46.2 Å². The van der Waals surface area contributed by atoms with Crippen molar-refractivity contribution in [3.8, 4) is 6.07 Å². The van der Waals surface area contributed by atoms with Gasteiger partial charge in [0, 0.05) is 25.0 Å². The molecule has 234 valence electrons. The van der Waals surface area contributed by atoms with Crippen LogP contribution >= 0.6 is 35.4 Å². The van der Waals surface area contributed by atoms with E-state index in [1.165, 1.54) is 10.6 Å². The second kappa shape index (κ2) is 16.0. The standard InChI is InChI=1S/C35H38Cl2N6OS/c1-23(2)16-17-40-43(35(45)41-29-14-12-27(13-15-29)24(3)4)34(44)30(18-28-6-5-7-31(36)33(28)37)32-20-39-22-42(32)21-26-10-8-25(19-38)9-11-26/h5-15,20,22-24,30,40H,16-18,21H2,1-4H3,(H,41,45). The van der Waals surface area contributed by atoms with Crippen molar-refractivity contribution in [2.75, 3.05) is 11.9 Å². The zero-order chi connectivity index (χ0) is 32.5. The highest BCUT2D eigenvalue weighted by atomic mass is 35.5. The Morgan fingerprint density at radius 3 is 2.40 bits per heavy atom. The lowest BCUT2D eigenvalue weighted by molar-refractivity contribution is -0.131. The molecule has 3 aromatic carbocycles. The highest BCUT2D eigenvalue weighted by molar-refractivity contribution is 7.80. The first-order valence-corrected chi connectivity index (χ1v) is 16.1. The summed E-state index contributed by atoms with van der Waals surface area (Å²) in [7, 11) is 0. The average molecular weight is 662 g/mol. The fraction of sp³-hybridized carbons (Fsp3) is 0.314. The lowest BCUT2D eigenvalue weighted by Gasteiger charge is -2.29. The van der Waals surface area contributed by atoms with E-state index in [1.807, 2.05) is 41.0 Å². The third-order valence-electron chi connectivity index (χ3n) is 7.53. The molecule has 45 heavy (non-hydrogen) atoms. The number of aromatic nitrogens is 2. The third kappa shape index (κ3) is 9.15. The van der Waals surface area contributed by atoms with Crippen LogP contribution in [0.25, 0.3) is 0 Å². The van der Waals surface area contributed by atoms with Crippen molar-refractivity contribution in [1.82, 2.24) is 20.0 Å². The highest BCUT2D eigenvalue weighted by Gasteiger charge is 2.32. The SMILES string of the molecule is CC(C)CCNN(C(=O)C(Cc1cccc(Cl)c1Cl)c1cncn1Cc1ccc(C#N)cc1)C(=S)Nc1ccc(C(C)C)cc1. The topological polar surface area (TPSA) is 86.0 Å². The number of anilines is 1. The number of thiocarbonyl (C=S) groups is 1. The van der Waals surface area contributed by atoms with Gasteiger partial charge < -0.3 is 9.88 Å². The van der Waals surface area contributed by atoms with Crippen LogP contribution in [0.2, 0.25) is 10.0 Å². The largest absolute Gasteiger partial charge is 0.331 e. The van der Waals surface area contributed by atoms with E-state index >= 15 is 0 Å². The van der Waals surface area contributed by atoms with E-state index in [4.69, 9.17) is 35.4 Å². The summed E-state index contributed by atoms with van der Waals surface area (Å²) in [4.78, 5) is 19.1. The molecular formula is C35H38Cl2N6OS. The highest BCUT2D eigenvalue weighted by Crippen LogP contribution is 2.32. The number of nitrogens with one attached hydrogen (secondary N) is 2. The van der Waals surface area contributed by atoms with Crippen LogP contribution in [0.1, 0.15) is 73.9 Å². The Hall–Kier alpha value is -3.74. The van der Waals surface area contributed by atoms with Gasteiger partial charge in [-0.2, -0.15) is 5.26 Å². The van der Waals surface area contributed by atoms with Crippen molar-refractivity contribution >= 4 is 52.1 Å². The maximum absolute atomic E-state index is 14.7. The van der Waals surface area contributed by atoms with Gasteiger partial charge in [0.15, 0.2) is 5.11 Å².